The molecule has 20 heavy (non-hydrogen) atoms. The number of benzene rings is 1. The average molecular weight is 297 g/mol. The maximum atomic E-state index is 9.38. The smallest absolute Gasteiger partial charge is 0.166 e. The summed E-state index contributed by atoms with van der Waals surface area (Å²) in [4.78, 5) is 4.23. The van der Waals surface area contributed by atoms with Crippen LogP contribution in [0.15, 0.2) is 24.5 Å². The molecule has 0 aliphatic rings. The summed E-state index contributed by atoms with van der Waals surface area (Å²) in [5.74, 6) is 1.97. The highest BCUT2D eigenvalue weighted by Crippen LogP contribution is 2.34. The first-order valence-corrected chi connectivity index (χ1v) is 6.59. The summed E-state index contributed by atoms with van der Waals surface area (Å²) in [5, 5.41) is 9.88. The molecule has 6 heteroatoms. The first kappa shape index (κ1) is 14.7. The Kier molecular flexibility index (Phi) is 4.87. The van der Waals surface area contributed by atoms with Crippen molar-refractivity contribution in [2.24, 2.45) is 7.05 Å². The molecule has 2 aromatic rings. The molecule has 0 unspecified atom stereocenters. The van der Waals surface area contributed by atoms with Gasteiger partial charge in [0.25, 0.3) is 0 Å². The molecule has 0 saturated carbocycles. The van der Waals surface area contributed by atoms with E-state index < -0.39 is 0 Å². The summed E-state index contributed by atoms with van der Waals surface area (Å²) in [5.41, 5.74) is 0.606. The number of aliphatic hydroxyl groups is 1. The van der Waals surface area contributed by atoms with E-state index in [0.29, 0.717) is 35.1 Å². The van der Waals surface area contributed by atoms with Crippen LogP contribution in [0.3, 0.4) is 0 Å². The lowest BCUT2D eigenvalue weighted by atomic mass is 10.2. The lowest BCUT2D eigenvalue weighted by Gasteiger charge is -2.14. The number of rotatable bonds is 6. The molecular weight excluding hydrogens is 280 g/mol. The van der Waals surface area contributed by atoms with Gasteiger partial charge in [-0.15, -0.1) is 0 Å². The van der Waals surface area contributed by atoms with Crippen molar-refractivity contribution in [3.8, 4) is 11.5 Å². The third-order valence-electron chi connectivity index (χ3n) is 2.98. The van der Waals surface area contributed by atoms with Gasteiger partial charge in [0.15, 0.2) is 11.5 Å². The Morgan fingerprint density at radius 2 is 2.20 bits per heavy atom. The minimum Gasteiger partial charge on any atom is -0.493 e. The zero-order valence-corrected chi connectivity index (χ0v) is 12.2. The highest BCUT2D eigenvalue weighted by molar-refractivity contribution is 6.30. The standard InChI is InChI=1S/C14H17ClN2O3/c1-17-5-4-16-13(17)3-6-20-14-10(9-18)7-11(15)8-12(14)19-2/h4-5,7-8,18H,3,6,9H2,1-2H3. The number of hydrogen-bond acceptors (Lipinski definition) is 4. The monoisotopic (exact) mass is 296 g/mol. The van der Waals surface area contributed by atoms with E-state index in [2.05, 4.69) is 4.98 Å². The third-order valence-corrected chi connectivity index (χ3v) is 3.20. The Balaban J connectivity index is 2.10. The number of imidazole rings is 1. The molecule has 0 spiro atoms. The molecule has 0 fully saturated rings. The number of ether oxygens (including phenoxy) is 2. The van der Waals surface area contributed by atoms with Crippen molar-refractivity contribution in [3.05, 3.63) is 40.9 Å². The molecule has 108 valence electrons. The lowest BCUT2D eigenvalue weighted by molar-refractivity contribution is 0.255. The second-order valence-corrected chi connectivity index (χ2v) is 4.74. The van der Waals surface area contributed by atoms with Gasteiger partial charge in [-0.3, -0.25) is 0 Å². The molecule has 0 aliphatic heterocycles. The van der Waals surface area contributed by atoms with Crippen LogP contribution in [0.25, 0.3) is 0 Å². The second-order valence-electron chi connectivity index (χ2n) is 4.31. The van der Waals surface area contributed by atoms with Crippen molar-refractivity contribution in [1.82, 2.24) is 9.55 Å². The average Bonchev–Trinajstić information content (AvgIpc) is 2.85. The maximum absolute atomic E-state index is 9.38. The van der Waals surface area contributed by atoms with E-state index in [1.165, 1.54) is 0 Å². The predicted molar refractivity (Wildman–Crippen MR) is 76.3 cm³/mol. The Morgan fingerprint density at radius 3 is 2.80 bits per heavy atom. The topological polar surface area (TPSA) is 56.5 Å². The summed E-state index contributed by atoms with van der Waals surface area (Å²) in [6.07, 6.45) is 4.30. The zero-order chi connectivity index (χ0) is 14.5. The van der Waals surface area contributed by atoms with E-state index in [1.54, 1.807) is 25.4 Å². The second kappa shape index (κ2) is 6.63. The van der Waals surface area contributed by atoms with E-state index in [9.17, 15) is 5.11 Å². The lowest BCUT2D eigenvalue weighted by Crippen LogP contribution is -2.08. The van der Waals surface area contributed by atoms with Gasteiger partial charge in [-0.2, -0.15) is 0 Å². The van der Waals surface area contributed by atoms with E-state index in [4.69, 9.17) is 21.1 Å². The number of hydrogen-bond donors (Lipinski definition) is 1. The molecular formula is C14H17ClN2O3. The first-order valence-electron chi connectivity index (χ1n) is 6.22. The fourth-order valence-corrected chi connectivity index (χ4v) is 2.17. The van der Waals surface area contributed by atoms with Crippen LogP contribution in [0.2, 0.25) is 5.02 Å². The van der Waals surface area contributed by atoms with Gasteiger partial charge in [0.1, 0.15) is 5.82 Å². The van der Waals surface area contributed by atoms with E-state index in [0.717, 1.165) is 5.82 Å². The van der Waals surface area contributed by atoms with Gasteiger partial charge in [0, 0.05) is 42.5 Å². The van der Waals surface area contributed by atoms with Crippen LogP contribution < -0.4 is 9.47 Å². The number of methoxy groups -OCH3 is 1. The number of halogens is 1. The van der Waals surface area contributed by atoms with Gasteiger partial charge in [0.05, 0.1) is 20.3 Å². The number of aliphatic hydroxyl groups excluding tert-OH is 1. The van der Waals surface area contributed by atoms with Gasteiger partial charge >= 0.3 is 0 Å². The first-order chi connectivity index (χ1) is 9.65. The molecule has 0 aliphatic carbocycles. The molecule has 0 bridgehead atoms. The van der Waals surface area contributed by atoms with Crippen molar-refractivity contribution < 1.29 is 14.6 Å². The van der Waals surface area contributed by atoms with Crippen molar-refractivity contribution in [3.63, 3.8) is 0 Å². The maximum Gasteiger partial charge on any atom is 0.166 e. The highest BCUT2D eigenvalue weighted by atomic mass is 35.5. The van der Waals surface area contributed by atoms with Gasteiger partial charge < -0.3 is 19.1 Å². The predicted octanol–water partition coefficient (Wildman–Crippen LogP) is 2.20. The minimum absolute atomic E-state index is 0.158. The summed E-state index contributed by atoms with van der Waals surface area (Å²) < 4.78 is 12.9. The van der Waals surface area contributed by atoms with Crippen LogP contribution in [-0.2, 0) is 20.1 Å². The van der Waals surface area contributed by atoms with Crippen molar-refractivity contribution in [1.29, 1.82) is 0 Å². The summed E-state index contributed by atoms with van der Waals surface area (Å²) in [6, 6.07) is 3.33. The van der Waals surface area contributed by atoms with Crippen molar-refractivity contribution in [2.75, 3.05) is 13.7 Å². The van der Waals surface area contributed by atoms with E-state index in [-0.39, 0.29) is 6.61 Å². The summed E-state index contributed by atoms with van der Waals surface area (Å²) >= 11 is 5.96. The Bertz CT molecular complexity index is 559. The molecule has 0 radical (unpaired) electrons. The highest BCUT2D eigenvalue weighted by Gasteiger charge is 2.12. The Hall–Kier alpha value is -1.72. The fourth-order valence-electron chi connectivity index (χ4n) is 1.94. The fraction of sp³-hybridized carbons (Fsp3) is 0.357. The summed E-state index contributed by atoms with van der Waals surface area (Å²) in [6.45, 7) is 0.282. The van der Waals surface area contributed by atoms with E-state index in [1.807, 2.05) is 17.8 Å². The molecule has 1 N–H and O–H groups in total. The zero-order valence-electron chi connectivity index (χ0n) is 11.5. The van der Waals surface area contributed by atoms with E-state index >= 15 is 0 Å². The van der Waals surface area contributed by atoms with Crippen LogP contribution in [0.4, 0.5) is 0 Å². The number of aromatic nitrogens is 2. The summed E-state index contributed by atoms with van der Waals surface area (Å²) in [7, 11) is 3.47. The Labute approximate surface area is 122 Å². The van der Waals surface area contributed by atoms with Gasteiger partial charge in [-0.05, 0) is 6.07 Å². The molecule has 2 rings (SSSR count). The van der Waals surface area contributed by atoms with Gasteiger partial charge in [-0.1, -0.05) is 11.6 Å². The number of nitrogens with zero attached hydrogens (tertiary/aromatic N) is 2. The van der Waals surface area contributed by atoms with Crippen molar-refractivity contribution in [2.45, 2.75) is 13.0 Å². The van der Waals surface area contributed by atoms with Crippen LogP contribution >= 0.6 is 11.6 Å². The third kappa shape index (κ3) is 3.23. The van der Waals surface area contributed by atoms with Crippen LogP contribution in [0.1, 0.15) is 11.4 Å². The van der Waals surface area contributed by atoms with Gasteiger partial charge in [0.2, 0.25) is 0 Å². The minimum atomic E-state index is -0.158. The molecule has 0 saturated heterocycles. The molecule has 5 nitrogen and oxygen atoms in total. The molecule has 0 atom stereocenters. The van der Waals surface area contributed by atoms with Crippen LogP contribution in [0, 0.1) is 0 Å². The SMILES string of the molecule is COc1cc(Cl)cc(CO)c1OCCc1nccn1C. The largest absolute Gasteiger partial charge is 0.493 e. The quantitative estimate of drug-likeness (QED) is 0.888. The number of aryl methyl sites for hydroxylation is 1. The normalized spacial score (nSPS) is 10.6. The molecule has 1 heterocycles. The molecule has 1 aromatic carbocycles. The van der Waals surface area contributed by atoms with Gasteiger partial charge in [-0.25, -0.2) is 4.98 Å². The van der Waals surface area contributed by atoms with Crippen LogP contribution in [0.5, 0.6) is 11.5 Å². The molecule has 0 amide bonds. The van der Waals surface area contributed by atoms with Crippen molar-refractivity contribution >= 4 is 11.6 Å². The van der Waals surface area contributed by atoms with Crippen LogP contribution in [-0.4, -0.2) is 28.4 Å². The molecule has 1 aromatic heterocycles. The Morgan fingerprint density at radius 1 is 1.40 bits per heavy atom.